The molecule has 1 aromatic heterocycles. The Hall–Kier alpha value is -4.59. The van der Waals surface area contributed by atoms with Crippen LogP contribution in [0.5, 0.6) is 11.5 Å². The lowest BCUT2D eigenvalue weighted by Crippen LogP contribution is -2.45. The van der Waals surface area contributed by atoms with Gasteiger partial charge in [0.25, 0.3) is 5.89 Å². The molecule has 1 N–H and O–H groups in total. The van der Waals surface area contributed by atoms with Crippen molar-refractivity contribution in [3.05, 3.63) is 101 Å². The maximum atomic E-state index is 13.4. The molecule has 0 aliphatic carbocycles. The Kier molecular flexibility index (Phi) is 6.64. The molecule has 4 aromatic rings. The first-order chi connectivity index (χ1) is 18.0. The van der Waals surface area contributed by atoms with E-state index in [1.807, 2.05) is 86.6 Å². The fourth-order valence-electron chi connectivity index (χ4n) is 4.47. The molecular formula is C29H28N4O4. The lowest BCUT2D eigenvalue weighted by Gasteiger charge is -2.35. The number of hydrogen-bond donors (Lipinski definition) is 1. The maximum absolute atomic E-state index is 13.4. The van der Waals surface area contributed by atoms with Crippen molar-refractivity contribution in [3.8, 4) is 22.9 Å². The van der Waals surface area contributed by atoms with E-state index >= 15 is 0 Å². The fourth-order valence-corrected chi connectivity index (χ4v) is 4.47. The first-order valence-electron chi connectivity index (χ1n) is 11.9. The van der Waals surface area contributed by atoms with Gasteiger partial charge in [0.05, 0.1) is 32.4 Å². The molecule has 37 heavy (non-hydrogen) atoms. The van der Waals surface area contributed by atoms with Crippen LogP contribution in [0.25, 0.3) is 17.0 Å². The zero-order valence-corrected chi connectivity index (χ0v) is 21.2. The summed E-state index contributed by atoms with van der Waals surface area (Å²) in [5.41, 5.74) is 5.16. The summed E-state index contributed by atoms with van der Waals surface area (Å²) in [6.07, 6.45) is 0. The molecule has 1 aliphatic rings. The Bertz CT molecular complexity index is 1460. The van der Waals surface area contributed by atoms with E-state index in [1.54, 1.807) is 19.1 Å². The molecule has 3 aromatic carbocycles. The van der Waals surface area contributed by atoms with Gasteiger partial charge in [-0.05, 0) is 37.6 Å². The molecule has 0 spiro atoms. The quantitative estimate of drug-likeness (QED) is 0.350. The Labute approximate surface area is 215 Å². The van der Waals surface area contributed by atoms with Gasteiger partial charge in [-0.25, -0.2) is 4.79 Å². The Balaban J connectivity index is 1.60. The van der Waals surface area contributed by atoms with Gasteiger partial charge in [0.15, 0.2) is 0 Å². The minimum atomic E-state index is -0.458. The monoisotopic (exact) mass is 496 g/mol. The van der Waals surface area contributed by atoms with Crippen LogP contribution in [-0.2, 0) is 6.54 Å². The molecule has 0 fully saturated rings. The highest BCUT2D eigenvalue weighted by Gasteiger charge is 2.36. The third-order valence-electron chi connectivity index (χ3n) is 6.51. The van der Waals surface area contributed by atoms with Gasteiger partial charge in [0.1, 0.15) is 11.5 Å². The molecule has 5 rings (SSSR count). The number of methoxy groups -OCH3 is 2. The fraction of sp³-hybridized carbons (Fsp3) is 0.207. The zero-order chi connectivity index (χ0) is 25.9. The van der Waals surface area contributed by atoms with E-state index in [0.29, 0.717) is 29.8 Å². The number of rotatable bonds is 7. The molecule has 1 unspecified atom stereocenters. The van der Waals surface area contributed by atoms with Gasteiger partial charge in [0, 0.05) is 16.8 Å². The molecule has 8 heteroatoms. The number of carbonyl (C=O) groups is 1. The predicted octanol–water partition coefficient (Wildman–Crippen LogP) is 5.76. The second kappa shape index (κ2) is 10.2. The number of carbonyl (C=O) groups excluding carboxylic acids is 1. The molecule has 0 radical (unpaired) electrons. The van der Waals surface area contributed by atoms with Crippen LogP contribution in [0.15, 0.2) is 83.0 Å². The van der Waals surface area contributed by atoms with Gasteiger partial charge >= 0.3 is 6.03 Å². The van der Waals surface area contributed by atoms with Crippen LogP contribution >= 0.6 is 0 Å². The van der Waals surface area contributed by atoms with Crippen LogP contribution < -0.4 is 14.8 Å². The summed E-state index contributed by atoms with van der Waals surface area (Å²) < 4.78 is 16.7. The van der Waals surface area contributed by atoms with Crippen LogP contribution in [0.4, 0.5) is 4.79 Å². The van der Waals surface area contributed by atoms with Crippen LogP contribution in [-0.4, -0.2) is 35.3 Å². The van der Waals surface area contributed by atoms with Gasteiger partial charge in [-0.2, -0.15) is 4.98 Å². The Morgan fingerprint density at radius 3 is 2.51 bits per heavy atom. The van der Waals surface area contributed by atoms with E-state index in [-0.39, 0.29) is 6.03 Å². The predicted molar refractivity (Wildman–Crippen MR) is 140 cm³/mol. The van der Waals surface area contributed by atoms with E-state index < -0.39 is 6.04 Å². The van der Waals surface area contributed by atoms with Gasteiger partial charge in [0.2, 0.25) is 5.82 Å². The summed E-state index contributed by atoms with van der Waals surface area (Å²) in [7, 11) is 3.23. The van der Waals surface area contributed by atoms with Crippen molar-refractivity contribution in [2.24, 2.45) is 0 Å². The number of benzene rings is 3. The molecule has 1 atom stereocenters. The average Bonchev–Trinajstić information content (AvgIpc) is 3.41. The third kappa shape index (κ3) is 4.78. The Morgan fingerprint density at radius 2 is 1.76 bits per heavy atom. The lowest BCUT2D eigenvalue weighted by molar-refractivity contribution is 0.202. The van der Waals surface area contributed by atoms with Crippen molar-refractivity contribution in [3.63, 3.8) is 0 Å². The number of aromatic nitrogens is 2. The van der Waals surface area contributed by atoms with E-state index in [0.717, 1.165) is 33.5 Å². The van der Waals surface area contributed by atoms with E-state index in [9.17, 15) is 4.79 Å². The molecule has 0 bridgehead atoms. The number of allylic oxidation sites excluding steroid dienone is 1. The largest absolute Gasteiger partial charge is 0.497 e. The van der Waals surface area contributed by atoms with E-state index in [4.69, 9.17) is 19.0 Å². The number of nitrogens with zero attached hydrogens (tertiary/aromatic N) is 3. The number of aryl methyl sites for hydroxylation is 1. The number of para-hydroxylation sites is 1. The summed E-state index contributed by atoms with van der Waals surface area (Å²) in [4.78, 5) is 19.8. The summed E-state index contributed by atoms with van der Waals surface area (Å²) in [5, 5.41) is 7.39. The molecule has 0 saturated heterocycles. The maximum Gasteiger partial charge on any atom is 0.322 e. The number of urea groups is 1. The smallest absolute Gasteiger partial charge is 0.322 e. The van der Waals surface area contributed by atoms with E-state index in [1.165, 1.54) is 0 Å². The SMILES string of the molecule is COc1cccc(-c2noc(C3=C(C)N(Cc4ccccc4OC)C(=O)NC3c3ccc(C)cc3)n2)c1. The van der Waals surface area contributed by atoms with Gasteiger partial charge < -0.3 is 19.3 Å². The second-order valence-corrected chi connectivity index (χ2v) is 8.85. The van der Waals surface area contributed by atoms with E-state index in [2.05, 4.69) is 10.5 Å². The second-order valence-electron chi connectivity index (χ2n) is 8.85. The standard InChI is InChI=1S/C29H28N4O4/c1-18-12-14-20(15-13-18)26-25(28-31-27(32-37-28)21-9-7-10-23(16-21)35-3)19(2)33(29(34)30-26)17-22-8-5-6-11-24(22)36-4/h5-16,26H,17H2,1-4H3,(H,30,34). The number of hydrogen-bond acceptors (Lipinski definition) is 6. The highest BCUT2D eigenvalue weighted by atomic mass is 16.5. The summed E-state index contributed by atoms with van der Waals surface area (Å²) >= 11 is 0. The highest BCUT2D eigenvalue weighted by Crippen LogP contribution is 2.38. The van der Waals surface area contributed by atoms with Gasteiger partial charge in [-0.3, -0.25) is 4.90 Å². The molecule has 2 heterocycles. The van der Waals surface area contributed by atoms with Crippen LogP contribution in [0.2, 0.25) is 0 Å². The molecule has 2 amide bonds. The number of nitrogens with one attached hydrogen (secondary N) is 1. The third-order valence-corrected chi connectivity index (χ3v) is 6.51. The summed E-state index contributed by atoms with van der Waals surface area (Å²) in [6, 6.07) is 22.5. The highest BCUT2D eigenvalue weighted by molar-refractivity contribution is 5.87. The minimum Gasteiger partial charge on any atom is -0.497 e. The topological polar surface area (TPSA) is 89.7 Å². The van der Waals surface area contributed by atoms with Gasteiger partial charge in [-0.15, -0.1) is 0 Å². The van der Waals surface area contributed by atoms with Crippen molar-refractivity contribution in [2.45, 2.75) is 26.4 Å². The summed E-state index contributed by atoms with van der Waals surface area (Å²) in [5.74, 6) is 2.18. The molecule has 8 nitrogen and oxygen atoms in total. The first kappa shape index (κ1) is 24.1. The minimum absolute atomic E-state index is 0.217. The van der Waals surface area contributed by atoms with Crippen molar-refractivity contribution < 1.29 is 18.8 Å². The lowest BCUT2D eigenvalue weighted by atomic mass is 9.94. The van der Waals surface area contributed by atoms with Crippen LogP contribution in [0, 0.1) is 6.92 Å². The van der Waals surface area contributed by atoms with Crippen molar-refractivity contribution in [1.29, 1.82) is 0 Å². The van der Waals surface area contributed by atoms with Crippen LogP contribution in [0.3, 0.4) is 0 Å². The average molecular weight is 497 g/mol. The van der Waals surface area contributed by atoms with Crippen molar-refractivity contribution in [2.75, 3.05) is 14.2 Å². The Morgan fingerprint density at radius 1 is 0.973 bits per heavy atom. The van der Waals surface area contributed by atoms with Crippen LogP contribution in [0.1, 0.15) is 35.5 Å². The molecule has 0 saturated carbocycles. The number of amides is 2. The molecular weight excluding hydrogens is 468 g/mol. The van der Waals surface area contributed by atoms with Gasteiger partial charge in [-0.1, -0.05) is 65.3 Å². The van der Waals surface area contributed by atoms with Crippen molar-refractivity contribution in [1.82, 2.24) is 20.4 Å². The first-order valence-corrected chi connectivity index (χ1v) is 11.9. The normalized spacial score (nSPS) is 15.5. The summed E-state index contributed by atoms with van der Waals surface area (Å²) in [6.45, 7) is 4.25. The zero-order valence-electron chi connectivity index (χ0n) is 21.2. The molecule has 188 valence electrons. The number of ether oxygens (including phenoxy) is 2. The van der Waals surface area contributed by atoms with Crippen molar-refractivity contribution >= 4 is 11.6 Å². The molecule has 1 aliphatic heterocycles.